The van der Waals surface area contributed by atoms with Gasteiger partial charge in [-0.3, -0.25) is 14.4 Å². The third-order valence-corrected chi connectivity index (χ3v) is 4.07. The summed E-state index contributed by atoms with van der Waals surface area (Å²) >= 11 is 0. The molecule has 5 heteroatoms. The molecule has 0 atom stereocenters. The van der Waals surface area contributed by atoms with Crippen molar-refractivity contribution in [3.8, 4) is 11.6 Å². The van der Waals surface area contributed by atoms with Crippen molar-refractivity contribution in [2.75, 3.05) is 6.54 Å². The van der Waals surface area contributed by atoms with Crippen LogP contribution in [0.4, 0.5) is 0 Å². The zero-order chi connectivity index (χ0) is 18.1. The van der Waals surface area contributed by atoms with E-state index in [0.717, 1.165) is 33.3 Å². The zero-order valence-corrected chi connectivity index (χ0v) is 14.6. The average molecular weight is 335 g/mol. The Morgan fingerprint density at radius 1 is 1.12 bits per heavy atom. The molecule has 0 radical (unpaired) electrons. The van der Waals surface area contributed by atoms with Gasteiger partial charge in [0.1, 0.15) is 6.54 Å². The molecule has 128 valence electrons. The minimum atomic E-state index is -0.510. The summed E-state index contributed by atoms with van der Waals surface area (Å²) in [5.74, 6) is -0.413. The first-order chi connectivity index (χ1) is 11.9. The number of carbonyl (C=O) groups excluding carboxylic acids is 1. The van der Waals surface area contributed by atoms with Gasteiger partial charge < -0.3 is 10.8 Å². The van der Waals surface area contributed by atoms with Gasteiger partial charge in [0, 0.05) is 17.3 Å². The quantitative estimate of drug-likeness (QED) is 0.718. The van der Waals surface area contributed by atoms with Crippen molar-refractivity contribution in [3.05, 3.63) is 58.7 Å². The van der Waals surface area contributed by atoms with Crippen molar-refractivity contribution < 1.29 is 9.90 Å². The van der Waals surface area contributed by atoms with Gasteiger partial charge in [-0.15, -0.1) is 0 Å². The third kappa shape index (κ3) is 3.26. The number of aromatic nitrogens is 1. The first kappa shape index (κ1) is 16.8. The Balaban J connectivity index is 2.27. The van der Waals surface area contributed by atoms with Gasteiger partial charge in [-0.1, -0.05) is 18.2 Å². The maximum absolute atomic E-state index is 10.9. The lowest BCUT2D eigenvalue weighted by atomic mass is 10.1. The Morgan fingerprint density at radius 3 is 2.44 bits per heavy atom. The fourth-order valence-electron chi connectivity index (χ4n) is 3.10. The van der Waals surface area contributed by atoms with Gasteiger partial charge >= 0.3 is 0 Å². The number of nitrogens with zero attached hydrogens (tertiary/aromatic N) is 2. The summed E-state index contributed by atoms with van der Waals surface area (Å²) in [6.45, 7) is 5.96. The predicted molar refractivity (Wildman–Crippen MR) is 101 cm³/mol. The minimum absolute atomic E-state index is 0.0961. The fraction of sp³-hybridized carbons (Fsp3) is 0.200. The number of benzene rings is 2. The molecule has 0 fully saturated rings. The molecule has 3 rings (SSSR count). The van der Waals surface area contributed by atoms with Gasteiger partial charge in [-0.25, -0.2) is 0 Å². The molecule has 0 unspecified atom stereocenters. The van der Waals surface area contributed by atoms with Crippen LogP contribution < -0.4 is 5.73 Å². The maximum Gasteiger partial charge on any atom is 0.239 e. The lowest BCUT2D eigenvalue weighted by Crippen LogP contribution is -2.14. The highest BCUT2D eigenvalue weighted by Gasteiger charge is 2.17. The van der Waals surface area contributed by atoms with Gasteiger partial charge in [-0.2, -0.15) is 0 Å². The van der Waals surface area contributed by atoms with Crippen molar-refractivity contribution >= 4 is 23.0 Å². The van der Waals surface area contributed by atoms with Crippen LogP contribution in [0.5, 0.6) is 5.88 Å². The maximum atomic E-state index is 10.9. The number of aliphatic imine (C=N–C) groups is 1. The van der Waals surface area contributed by atoms with E-state index in [9.17, 15) is 9.90 Å². The lowest BCUT2D eigenvalue weighted by Gasteiger charge is -2.10. The number of rotatable bonds is 4. The third-order valence-electron chi connectivity index (χ3n) is 4.07. The van der Waals surface area contributed by atoms with Crippen LogP contribution in [-0.4, -0.2) is 28.3 Å². The molecule has 1 aromatic heterocycles. The van der Waals surface area contributed by atoms with E-state index in [1.54, 1.807) is 0 Å². The van der Waals surface area contributed by atoms with E-state index in [-0.39, 0.29) is 12.4 Å². The SMILES string of the molecule is Cc1cc(C)cc(-n2c(O)c(C=NCC(N)=O)c3ccc(C)cc32)c1. The van der Waals surface area contributed by atoms with Crippen LogP contribution in [0.25, 0.3) is 16.6 Å². The largest absolute Gasteiger partial charge is 0.494 e. The Morgan fingerprint density at radius 2 is 1.80 bits per heavy atom. The van der Waals surface area contributed by atoms with Gasteiger partial charge in [0.2, 0.25) is 11.8 Å². The van der Waals surface area contributed by atoms with Crippen LogP contribution in [0, 0.1) is 20.8 Å². The molecule has 0 spiro atoms. The zero-order valence-electron chi connectivity index (χ0n) is 14.6. The van der Waals surface area contributed by atoms with E-state index in [4.69, 9.17) is 5.73 Å². The summed E-state index contributed by atoms with van der Waals surface area (Å²) in [6, 6.07) is 12.1. The molecule has 2 aromatic carbocycles. The molecule has 0 saturated carbocycles. The smallest absolute Gasteiger partial charge is 0.239 e. The second kappa shape index (κ2) is 6.43. The van der Waals surface area contributed by atoms with Gasteiger partial charge in [0.05, 0.1) is 11.1 Å². The summed E-state index contributed by atoms with van der Waals surface area (Å²) in [4.78, 5) is 15.0. The Labute approximate surface area is 146 Å². The number of aryl methyl sites for hydroxylation is 3. The van der Waals surface area contributed by atoms with Crippen molar-refractivity contribution in [2.24, 2.45) is 10.7 Å². The Hall–Kier alpha value is -3.08. The standard InChI is InChI=1S/C20H21N3O2/c1-12-4-5-16-17(10-22-11-19(21)24)20(25)23(18(16)9-12)15-7-13(2)6-14(3)8-15/h4-10,25H,11H2,1-3H3,(H2,21,24). The number of primary amides is 1. The van der Waals surface area contributed by atoms with Crippen LogP contribution >= 0.6 is 0 Å². The number of hydrogen-bond acceptors (Lipinski definition) is 3. The Bertz CT molecular complexity index is 980. The number of nitrogens with two attached hydrogens (primary N) is 1. The summed E-state index contributed by atoms with van der Waals surface area (Å²) in [6.07, 6.45) is 1.51. The molecule has 3 aromatic rings. The van der Waals surface area contributed by atoms with E-state index in [0.29, 0.717) is 5.56 Å². The number of aromatic hydroxyl groups is 1. The van der Waals surface area contributed by atoms with Crippen LogP contribution in [0.2, 0.25) is 0 Å². The van der Waals surface area contributed by atoms with Crippen molar-refractivity contribution in [2.45, 2.75) is 20.8 Å². The average Bonchev–Trinajstić information content (AvgIpc) is 2.77. The molecule has 25 heavy (non-hydrogen) atoms. The molecule has 0 aliphatic rings. The first-order valence-electron chi connectivity index (χ1n) is 8.07. The molecule has 0 aliphatic heterocycles. The van der Waals surface area contributed by atoms with Crippen LogP contribution in [0.15, 0.2) is 41.4 Å². The molecule has 5 nitrogen and oxygen atoms in total. The number of amides is 1. The molecular weight excluding hydrogens is 314 g/mol. The minimum Gasteiger partial charge on any atom is -0.494 e. The van der Waals surface area contributed by atoms with Crippen LogP contribution in [0.3, 0.4) is 0 Å². The first-order valence-corrected chi connectivity index (χ1v) is 8.07. The molecule has 0 aliphatic carbocycles. The summed E-state index contributed by atoms with van der Waals surface area (Å²) in [5.41, 5.74) is 10.8. The predicted octanol–water partition coefficient (Wildman–Crippen LogP) is 3.17. The number of carbonyl (C=O) groups is 1. The monoisotopic (exact) mass is 335 g/mol. The normalized spacial score (nSPS) is 11.5. The number of hydrogen-bond donors (Lipinski definition) is 2. The van der Waals surface area contributed by atoms with E-state index in [1.807, 2.05) is 55.7 Å². The van der Waals surface area contributed by atoms with E-state index >= 15 is 0 Å². The fourth-order valence-corrected chi connectivity index (χ4v) is 3.10. The van der Waals surface area contributed by atoms with E-state index < -0.39 is 5.91 Å². The molecule has 0 saturated heterocycles. The van der Waals surface area contributed by atoms with Crippen LogP contribution in [0.1, 0.15) is 22.3 Å². The van der Waals surface area contributed by atoms with Gasteiger partial charge in [0.25, 0.3) is 0 Å². The van der Waals surface area contributed by atoms with E-state index in [2.05, 4.69) is 11.1 Å². The molecular formula is C20H21N3O2. The molecule has 1 heterocycles. The van der Waals surface area contributed by atoms with Crippen molar-refractivity contribution in [3.63, 3.8) is 0 Å². The second-order valence-corrected chi connectivity index (χ2v) is 6.38. The molecule has 1 amide bonds. The van der Waals surface area contributed by atoms with Crippen molar-refractivity contribution in [1.29, 1.82) is 0 Å². The van der Waals surface area contributed by atoms with Crippen LogP contribution in [-0.2, 0) is 4.79 Å². The van der Waals surface area contributed by atoms with E-state index in [1.165, 1.54) is 6.21 Å². The van der Waals surface area contributed by atoms with Gasteiger partial charge in [0.15, 0.2) is 0 Å². The lowest BCUT2D eigenvalue weighted by molar-refractivity contribution is -0.116. The highest BCUT2D eigenvalue weighted by atomic mass is 16.3. The topological polar surface area (TPSA) is 80.6 Å². The summed E-state index contributed by atoms with van der Waals surface area (Å²) in [7, 11) is 0. The summed E-state index contributed by atoms with van der Waals surface area (Å²) in [5, 5.41) is 11.7. The Kier molecular flexibility index (Phi) is 4.31. The van der Waals surface area contributed by atoms with Crippen molar-refractivity contribution in [1.82, 2.24) is 4.57 Å². The second-order valence-electron chi connectivity index (χ2n) is 6.38. The highest BCUT2D eigenvalue weighted by Crippen LogP contribution is 2.34. The van der Waals surface area contributed by atoms with Gasteiger partial charge in [-0.05, 0) is 55.7 Å². The molecule has 0 bridgehead atoms. The highest BCUT2D eigenvalue weighted by molar-refractivity contribution is 6.04. The number of fused-ring (bicyclic) bond motifs is 1. The summed E-state index contributed by atoms with van der Waals surface area (Å²) < 4.78 is 1.81. The molecule has 3 N–H and O–H groups in total.